The number of rotatable bonds is 8. The van der Waals surface area contributed by atoms with Gasteiger partial charge in [0.05, 0.1) is 6.04 Å². The van der Waals surface area contributed by atoms with Crippen molar-refractivity contribution in [1.29, 1.82) is 0 Å². The summed E-state index contributed by atoms with van der Waals surface area (Å²) >= 11 is 0. The van der Waals surface area contributed by atoms with E-state index in [2.05, 4.69) is 30.7 Å². The molecule has 7 rings (SSSR count). The van der Waals surface area contributed by atoms with Gasteiger partial charge in [-0.2, -0.15) is 8.78 Å². The van der Waals surface area contributed by atoms with Gasteiger partial charge in [-0.25, -0.2) is 13.8 Å². The number of carbonyl (C=O) groups excluding carboxylic acids is 2. The van der Waals surface area contributed by atoms with Crippen molar-refractivity contribution in [3.63, 3.8) is 0 Å². The van der Waals surface area contributed by atoms with Crippen LogP contribution in [-0.2, 0) is 4.79 Å². The van der Waals surface area contributed by atoms with Gasteiger partial charge in [0.25, 0.3) is 11.8 Å². The maximum atomic E-state index is 13.5. The number of anilines is 1. The number of alkyl halides is 4. The summed E-state index contributed by atoms with van der Waals surface area (Å²) in [5, 5.41) is 13.8. The Bertz CT molecular complexity index is 1910. The number of hydrogen-bond acceptors (Lipinski definition) is 9. The lowest BCUT2D eigenvalue weighted by molar-refractivity contribution is -0.119. The van der Waals surface area contributed by atoms with E-state index in [0.717, 1.165) is 5.56 Å². The molecule has 46 heavy (non-hydrogen) atoms. The topological polar surface area (TPSA) is 135 Å². The van der Waals surface area contributed by atoms with Crippen LogP contribution in [0, 0.1) is 5.92 Å². The monoisotopic (exact) mass is 635 g/mol. The number of hydrogen-bond donors (Lipinski definition) is 1. The highest BCUT2D eigenvalue weighted by atomic mass is 19.3. The van der Waals surface area contributed by atoms with Crippen LogP contribution in [0.5, 0.6) is 0 Å². The number of tetrazole rings is 1. The van der Waals surface area contributed by atoms with Crippen molar-refractivity contribution >= 4 is 28.6 Å². The second kappa shape index (κ2) is 11.6. The Morgan fingerprint density at radius 2 is 1.76 bits per heavy atom. The third-order valence-corrected chi connectivity index (χ3v) is 7.97. The first-order valence-electron chi connectivity index (χ1n) is 14.4. The SMILES string of the molecule is O=C(Nc1ccc2oc(-c3ccnc(C(=O)N4CCN(C(c5ccccc5)c5nnn(C(F)F)n5)CC4)c3)nc2c1)[C@@H]1CC1(F)F. The Kier molecular flexibility index (Phi) is 7.43. The summed E-state index contributed by atoms with van der Waals surface area (Å²) in [6.07, 6.45) is 1.01. The minimum Gasteiger partial charge on any atom is -0.436 e. The lowest BCUT2D eigenvalue weighted by Crippen LogP contribution is -2.50. The van der Waals surface area contributed by atoms with Gasteiger partial charge in [-0.15, -0.1) is 10.2 Å². The first-order valence-corrected chi connectivity index (χ1v) is 14.4. The van der Waals surface area contributed by atoms with Crippen molar-refractivity contribution in [3.05, 3.63) is 83.9 Å². The molecule has 0 bridgehead atoms. The molecule has 1 aliphatic carbocycles. The third kappa shape index (κ3) is 5.78. The summed E-state index contributed by atoms with van der Waals surface area (Å²) < 4.78 is 58.7. The molecule has 2 aromatic carbocycles. The summed E-state index contributed by atoms with van der Waals surface area (Å²) in [5.41, 5.74) is 2.59. The molecule has 1 saturated carbocycles. The van der Waals surface area contributed by atoms with Crippen molar-refractivity contribution in [2.45, 2.75) is 24.9 Å². The Morgan fingerprint density at radius 3 is 2.46 bits per heavy atom. The molecule has 2 amide bonds. The number of halogens is 4. The number of piperazine rings is 1. The summed E-state index contributed by atoms with van der Waals surface area (Å²) in [7, 11) is 0. The van der Waals surface area contributed by atoms with Gasteiger partial charge in [-0.3, -0.25) is 19.5 Å². The molecule has 0 radical (unpaired) electrons. The summed E-state index contributed by atoms with van der Waals surface area (Å²) in [5.74, 6) is -5.01. The minimum absolute atomic E-state index is 0.137. The lowest BCUT2D eigenvalue weighted by atomic mass is 10.0. The van der Waals surface area contributed by atoms with E-state index in [1.54, 1.807) is 23.1 Å². The third-order valence-electron chi connectivity index (χ3n) is 7.97. The maximum Gasteiger partial charge on any atom is 0.350 e. The Morgan fingerprint density at radius 1 is 1.00 bits per heavy atom. The van der Waals surface area contributed by atoms with Crippen LogP contribution in [0.25, 0.3) is 22.6 Å². The highest BCUT2D eigenvalue weighted by Gasteiger charge is 2.61. The van der Waals surface area contributed by atoms with Gasteiger partial charge < -0.3 is 14.6 Å². The first kappa shape index (κ1) is 29.5. The van der Waals surface area contributed by atoms with Gasteiger partial charge in [0.1, 0.15) is 17.1 Å². The van der Waals surface area contributed by atoms with Crippen molar-refractivity contribution in [3.8, 4) is 11.5 Å². The number of pyridine rings is 1. The van der Waals surface area contributed by atoms with Gasteiger partial charge in [-0.1, -0.05) is 35.1 Å². The molecule has 2 fully saturated rings. The molecule has 1 N–H and O–H groups in total. The standard InChI is InChI=1S/C30H25F4N9O3/c31-29(32)43-39-25(38-40-43)24(17-4-2-1-3-5-17)41-10-12-42(13-11-41)28(45)22-14-18(8-9-35-22)27-37-21-15-19(6-7-23(21)46-27)36-26(44)20-16-30(20,33)34/h1-9,14-15,20,24,29H,10-13,16H2,(H,36,44)/t20-,24?/m0/s1. The zero-order valence-electron chi connectivity index (χ0n) is 23.9. The molecule has 5 aromatic rings. The lowest BCUT2D eigenvalue weighted by Gasteiger charge is -2.38. The largest absolute Gasteiger partial charge is 0.436 e. The van der Waals surface area contributed by atoms with Gasteiger partial charge >= 0.3 is 6.55 Å². The molecule has 1 unspecified atom stereocenters. The minimum atomic E-state index is -2.97. The normalized spacial score (nSPS) is 18.5. The van der Waals surface area contributed by atoms with Crippen LogP contribution in [0.3, 0.4) is 0 Å². The number of fused-ring (bicyclic) bond motifs is 1. The van der Waals surface area contributed by atoms with Crippen molar-refractivity contribution in [2.24, 2.45) is 5.92 Å². The summed E-state index contributed by atoms with van der Waals surface area (Å²) in [4.78, 5) is 38.2. The molecular weight excluding hydrogens is 610 g/mol. The molecule has 16 heteroatoms. The van der Waals surface area contributed by atoms with Gasteiger partial charge in [0, 0.05) is 50.0 Å². The fourth-order valence-corrected chi connectivity index (χ4v) is 5.47. The van der Waals surface area contributed by atoms with E-state index in [1.807, 2.05) is 35.2 Å². The molecule has 0 spiro atoms. The van der Waals surface area contributed by atoms with Crippen LogP contribution >= 0.6 is 0 Å². The Labute approximate surface area is 258 Å². The van der Waals surface area contributed by atoms with Crippen molar-refractivity contribution in [1.82, 2.24) is 40.0 Å². The van der Waals surface area contributed by atoms with Crippen LogP contribution in [0.1, 0.15) is 40.9 Å². The van der Waals surface area contributed by atoms with Crippen LogP contribution in [-0.4, -0.2) is 83.9 Å². The molecule has 236 valence electrons. The molecule has 1 aliphatic heterocycles. The second-order valence-electron chi connectivity index (χ2n) is 11.0. The average molecular weight is 636 g/mol. The molecule has 1 saturated heterocycles. The summed E-state index contributed by atoms with van der Waals surface area (Å²) in [6.45, 7) is -1.42. The van der Waals surface area contributed by atoms with Gasteiger partial charge in [0.2, 0.25) is 11.8 Å². The fourth-order valence-electron chi connectivity index (χ4n) is 5.47. The molecular formula is C30H25F4N9O3. The van der Waals surface area contributed by atoms with E-state index in [1.165, 1.54) is 18.3 Å². The fraction of sp³-hybridized carbons (Fsp3) is 0.300. The van der Waals surface area contributed by atoms with E-state index in [-0.39, 0.29) is 28.1 Å². The average Bonchev–Trinajstić information content (AvgIpc) is 3.39. The highest BCUT2D eigenvalue weighted by molar-refractivity contribution is 5.97. The van der Waals surface area contributed by atoms with Crippen molar-refractivity contribution < 1.29 is 31.6 Å². The molecule has 2 atom stereocenters. The predicted octanol–water partition coefficient (Wildman–Crippen LogP) is 4.41. The predicted molar refractivity (Wildman–Crippen MR) is 154 cm³/mol. The van der Waals surface area contributed by atoms with E-state index in [0.29, 0.717) is 48.5 Å². The van der Waals surface area contributed by atoms with Crippen LogP contribution in [0.15, 0.2) is 71.3 Å². The van der Waals surface area contributed by atoms with Gasteiger partial charge in [-0.05, 0) is 41.1 Å². The van der Waals surface area contributed by atoms with E-state index in [9.17, 15) is 27.2 Å². The zero-order chi connectivity index (χ0) is 32.0. The maximum absolute atomic E-state index is 13.5. The van der Waals surface area contributed by atoms with Crippen molar-refractivity contribution in [2.75, 3.05) is 31.5 Å². The smallest absolute Gasteiger partial charge is 0.350 e. The van der Waals surface area contributed by atoms with E-state index >= 15 is 0 Å². The number of benzene rings is 2. The second-order valence-corrected chi connectivity index (χ2v) is 11.0. The molecule has 3 aromatic heterocycles. The van der Waals surface area contributed by atoms with Crippen LogP contribution in [0.2, 0.25) is 0 Å². The first-order chi connectivity index (χ1) is 22.2. The number of nitrogens with zero attached hydrogens (tertiary/aromatic N) is 8. The Balaban J connectivity index is 1.04. The Hall–Kier alpha value is -5.25. The number of oxazole rings is 1. The number of aromatic nitrogens is 6. The molecule has 12 nitrogen and oxygen atoms in total. The number of carbonyl (C=O) groups is 2. The van der Waals surface area contributed by atoms with Crippen LogP contribution < -0.4 is 5.32 Å². The quantitative estimate of drug-likeness (QED) is 0.246. The highest BCUT2D eigenvalue weighted by Crippen LogP contribution is 2.49. The molecule has 4 heterocycles. The number of nitrogens with one attached hydrogen (secondary N) is 1. The number of amides is 2. The van der Waals surface area contributed by atoms with E-state index < -0.39 is 36.8 Å². The van der Waals surface area contributed by atoms with E-state index in [4.69, 9.17) is 4.42 Å². The van der Waals surface area contributed by atoms with Gasteiger partial charge in [0.15, 0.2) is 11.4 Å². The summed E-state index contributed by atoms with van der Waals surface area (Å²) in [6, 6.07) is 16.6. The van der Waals surface area contributed by atoms with Crippen LogP contribution in [0.4, 0.5) is 23.2 Å². The molecule has 2 aliphatic rings. The zero-order valence-corrected chi connectivity index (χ0v) is 23.9.